The largest absolute Gasteiger partial charge is 0.507 e. The summed E-state index contributed by atoms with van der Waals surface area (Å²) in [6.07, 6.45) is 1.49. The third kappa shape index (κ3) is 3.65. The molecule has 0 saturated heterocycles. The third-order valence-electron chi connectivity index (χ3n) is 6.31. The molecule has 0 amide bonds. The number of methoxy groups -OCH3 is 1. The van der Waals surface area contributed by atoms with Gasteiger partial charge >= 0.3 is 5.97 Å². The Morgan fingerprint density at radius 1 is 1.03 bits per heavy atom. The molecule has 0 fully saturated rings. The number of Topliss-reactive ketones (excluding diaryl/α,β-unsaturated/α-hetero) is 1. The highest BCUT2D eigenvalue weighted by molar-refractivity contribution is 6.31. The molecule has 0 unspecified atom stereocenters. The molecule has 2 aliphatic rings. The minimum atomic E-state index is -0.603. The first-order chi connectivity index (χ1) is 15.8. The second-order valence-electron chi connectivity index (χ2n) is 8.26. The number of phenolic OH excluding ortho intramolecular Hbond substituents is 2. The summed E-state index contributed by atoms with van der Waals surface area (Å²) >= 11 is 0. The van der Waals surface area contributed by atoms with Crippen LogP contribution in [0.2, 0.25) is 0 Å². The Hall–Kier alpha value is -3.68. The average Bonchev–Trinajstić information content (AvgIpc) is 2.82. The Morgan fingerprint density at radius 2 is 1.73 bits per heavy atom. The molecule has 0 spiro atoms. The van der Waals surface area contributed by atoms with Gasteiger partial charge in [0.2, 0.25) is 5.78 Å². The van der Waals surface area contributed by atoms with Crippen molar-refractivity contribution < 1.29 is 38.9 Å². The molecule has 8 nitrogen and oxygen atoms in total. The lowest BCUT2D eigenvalue weighted by molar-refractivity contribution is -0.149. The van der Waals surface area contributed by atoms with Crippen molar-refractivity contribution in [1.82, 2.24) is 0 Å². The van der Waals surface area contributed by atoms with Crippen LogP contribution in [-0.2, 0) is 27.2 Å². The third-order valence-corrected chi connectivity index (χ3v) is 6.31. The van der Waals surface area contributed by atoms with Crippen LogP contribution in [0.5, 0.6) is 17.2 Å². The molecule has 2 aromatic carbocycles. The lowest BCUT2D eigenvalue weighted by atomic mass is 9.75. The van der Waals surface area contributed by atoms with Gasteiger partial charge in [-0.25, -0.2) is 0 Å². The number of benzene rings is 2. The minimum Gasteiger partial charge on any atom is -0.507 e. The number of aromatic hydroxyl groups is 2. The van der Waals surface area contributed by atoms with Crippen molar-refractivity contribution in [3.63, 3.8) is 0 Å². The molecule has 0 saturated carbocycles. The lowest BCUT2D eigenvalue weighted by Crippen LogP contribution is -2.29. The van der Waals surface area contributed by atoms with E-state index in [9.17, 15) is 29.4 Å². The standard InChI is InChI=1S/C25H24O8/c1-3-5-18(27)33-11-16(26)12-8-9-13-15(10-12)24(30)20-21(22(13)28)25(31)19-14(23(20)29)6-4-7-17(19)32-2/h4,6-7,12,28,30H,3,5,8-11H2,1-2H3/t12-/m0/s1. The number of esters is 1. The van der Waals surface area contributed by atoms with Crippen molar-refractivity contribution in [2.75, 3.05) is 13.7 Å². The van der Waals surface area contributed by atoms with E-state index >= 15 is 0 Å². The number of carbonyl (C=O) groups excluding carboxylic acids is 4. The number of carbonyl (C=O) groups is 4. The summed E-state index contributed by atoms with van der Waals surface area (Å²) in [6, 6.07) is 4.58. The summed E-state index contributed by atoms with van der Waals surface area (Å²) in [5, 5.41) is 22.0. The van der Waals surface area contributed by atoms with Gasteiger partial charge in [0.1, 0.15) is 23.9 Å². The predicted molar refractivity (Wildman–Crippen MR) is 116 cm³/mol. The van der Waals surface area contributed by atoms with Gasteiger partial charge in [0.15, 0.2) is 11.6 Å². The van der Waals surface area contributed by atoms with Crippen LogP contribution in [0.4, 0.5) is 0 Å². The van der Waals surface area contributed by atoms with Crippen molar-refractivity contribution in [3.05, 3.63) is 51.6 Å². The molecule has 2 aromatic rings. The molecule has 0 bridgehead atoms. The first-order valence-corrected chi connectivity index (χ1v) is 10.8. The SMILES string of the molecule is CCCC(=O)OCC(=O)[C@H]1CCc2c(O)c3c(c(O)c2C1)C(=O)c1cccc(OC)c1C3=O. The normalized spacial score (nSPS) is 16.5. The van der Waals surface area contributed by atoms with Crippen LogP contribution < -0.4 is 4.74 Å². The van der Waals surface area contributed by atoms with E-state index in [1.54, 1.807) is 12.1 Å². The van der Waals surface area contributed by atoms with Gasteiger partial charge < -0.3 is 19.7 Å². The summed E-state index contributed by atoms with van der Waals surface area (Å²) in [4.78, 5) is 50.7. The molecule has 2 aliphatic carbocycles. The van der Waals surface area contributed by atoms with Gasteiger partial charge in [-0.1, -0.05) is 19.1 Å². The fraction of sp³-hybridized carbons (Fsp3) is 0.360. The zero-order valence-corrected chi connectivity index (χ0v) is 18.4. The smallest absolute Gasteiger partial charge is 0.306 e. The molecule has 33 heavy (non-hydrogen) atoms. The van der Waals surface area contributed by atoms with Crippen molar-refractivity contribution in [3.8, 4) is 17.2 Å². The minimum absolute atomic E-state index is 0.0462. The van der Waals surface area contributed by atoms with E-state index in [-0.39, 0.29) is 71.0 Å². The molecule has 0 aliphatic heterocycles. The quantitative estimate of drug-likeness (QED) is 0.432. The molecular weight excluding hydrogens is 428 g/mol. The van der Waals surface area contributed by atoms with Gasteiger partial charge in [0.25, 0.3) is 0 Å². The molecule has 172 valence electrons. The Morgan fingerprint density at radius 3 is 2.42 bits per heavy atom. The topological polar surface area (TPSA) is 127 Å². The molecule has 4 rings (SSSR count). The van der Waals surface area contributed by atoms with Gasteiger partial charge in [-0.3, -0.25) is 19.2 Å². The Balaban J connectivity index is 1.71. The van der Waals surface area contributed by atoms with E-state index in [4.69, 9.17) is 9.47 Å². The summed E-state index contributed by atoms with van der Waals surface area (Å²) < 4.78 is 10.2. The van der Waals surface area contributed by atoms with Crippen LogP contribution >= 0.6 is 0 Å². The first-order valence-electron chi connectivity index (χ1n) is 10.8. The maximum atomic E-state index is 13.3. The summed E-state index contributed by atoms with van der Waals surface area (Å²) in [6.45, 7) is 1.47. The Bertz CT molecular complexity index is 1190. The van der Waals surface area contributed by atoms with E-state index in [1.807, 2.05) is 6.92 Å². The zero-order chi connectivity index (χ0) is 23.9. The monoisotopic (exact) mass is 452 g/mol. The van der Waals surface area contributed by atoms with E-state index in [1.165, 1.54) is 13.2 Å². The second kappa shape index (κ2) is 8.69. The zero-order valence-electron chi connectivity index (χ0n) is 18.4. The predicted octanol–water partition coefficient (Wildman–Crippen LogP) is 2.90. The van der Waals surface area contributed by atoms with Crippen molar-refractivity contribution in [1.29, 1.82) is 0 Å². The van der Waals surface area contributed by atoms with Gasteiger partial charge in [0, 0.05) is 29.0 Å². The molecule has 8 heteroatoms. The van der Waals surface area contributed by atoms with Crippen LogP contribution in [-0.4, -0.2) is 47.2 Å². The summed E-state index contributed by atoms with van der Waals surface area (Å²) in [5.74, 6) is -3.04. The van der Waals surface area contributed by atoms with Crippen LogP contribution in [0.1, 0.15) is 69.2 Å². The number of hydrogen-bond acceptors (Lipinski definition) is 8. The van der Waals surface area contributed by atoms with Crippen molar-refractivity contribution in [2.24, 2.45) is 5.92 Å². The van der Waals surface area contributed by atoms with E-state index in [0.717, 1.165) is 0 Å². The maximum absolute atomic E-state index is 13.3. The van der Waals surface area contributed by atoms with Crippen LogP contribution in [0.25, 0.3) is 0 Å². The van der Waals surface area contributed by atoms with Crippen molar-refractivity contribution in [2.45, 2.75) is 39.0 Å². The number of rotatable bonds is 6. The van der Waals surface area contributed by atoms with E-state index in [2.05, 4.69) is 0 Å². The Labute approximate surface area is 190 Å². The van der Waals surface area contributed by atoms with Crippen LogP contribution in [0.15, 0.2) is 18.2 Å². The average molecular weight is 452 g/mol. The highest BCUT2D eigenvalue weighted by Gasteiger charge is 2.41. The number of hydrogen-bond donors (Lipinski definition) is 2. The number of phenols is 2. The number of ketones is 3. The van der Waals surface area contributed by atoms with Gasteiger partial charge in [-0.05, 0) is 31.7 Å². The van der Waals surface area contributed by atoms with Gasteiger partial charge in [0.05, 0.1) is 23.8 Å². The molecule has 0 radical (unpaired) electrons. The first kappa shape index (κ1) is 22.5. The van der Waals surface area contributed by atoms with Gasteiger partial charge in [-0.2, -0.15) is 0 Å². The molecule has 2 N–H and O–H groups in total. The highest BCUT2D eigenvalue weighted by Crippen LogP contribution is 2.47. The number of fused-ring (bicyclic) bond motifs is 3. The van der Waals surface area contributed by atoms with E-state index in [0.29, 0.717) is 18.4 Å². The molecule has 1 atom stereocenters. The fourth-order valence-corrected chi connectivity index (χ4v) is 4.63. The van der Waals surface area contributed by atoms with Crippen LogP contribution in [0.3, 0.4) is 0 Å². The van der Waals surface area contributed by atoms with Crippen LogP contribution in [0, 0.1) is 5.92 Å². The molecule has 0 heterocycles. The maximum Gasteiger partial charge on any atom is 0.306 e. The molecule has 0 aromatic heterocycles. The number of ether oxygens (including phenoxy) is 2. The summed E-state index contributed by atoms with van der Waals surface area (Å²) in [5.41, 5.74) is 0.227. The van der Waals surface area contributed by atoms with E-state index < -0.39 is 29.2 Å². The fourth-order valence-electron chi connectivity index (χ4n) is 4.63. The summed E-state index contributed by atoms with van der Waals surface area (Å²) in [7, 11) is 1.38. The lowest BCUT2D eigenvalue weighted by Gasteiger charge is -2.29. The second-order valence-corrected chi connectivity index (χ2v) is 8.26. The molecular formula is C25H24O8. The van der Waals surface area contributed by atoms with Crippen molar-refractivity contribution >= 4 is 23.3 Å². The highest BCUT2D eigenvalue weighted by atomic mass is 16.5. The Kier molecular flexibility index (Phi) is 5.93. The van der Waals surface area contributed by atoms with Gasteiger partial charge in [-0.15, -0.1) is 0 Å².